The van der Waals surface area contributed by atoms with E-state index >= 15 is 0 Å². The van der Waals surface area contributed by atoms with Gasteiger partial charge in [0.15, 0.2) is 12.4 Å². The number of ether oxygens (including phenoxy) is 3. The molecule has 0 bridgehead atoms. The molecule has 0 radical (unpaired) electrons. The molecule has 0 spiro atoms. The van der Waals surface area contributed by atoms with Crippen molar-refractivity contribution in [2.24, 2.45) is 0 Å². The number of carbonyl (C=O) groups is 2. The van der Waals surface area contributed by atoms with E-state index < -0.39 is 67.4 Å². The quantitative estimate of drug-likeness (QED) is 0.0195. The summed E-state index contributed by atoms with van der Waals surface area (Å²) in [5.74, 6) is -1.18. The van der Waals surface area contributed by atoms with Gasteiger partial charge in [0.25, 0.3) is 0 Å². The van der Waals surface area contributed by atoms with Crippen molar-refractivity contribution >= 4 is 11.9 Å². The molecule has 0 aromatic rings. The molecule has 1 rings (SSSR count). The molecule has 0 saturated carbocycles. The summed E-state index contributed by atoms with van der Waals surface area (Å²) >= 11 is 0. The Bertz CT molecular complexity index is 1670. The number of amides is 1. The Morgan fingerprint density at radius 2 is 0.758 bits per heavy atom. The molecular weight excluding hydrogens is 1130 g/mol. The Labute approximate surface area is 561 Å². The van der Waals surface area contributed by atoms with Gasteiger partial charge in [-0.3, -0.25) is 9.59 Å². The Hall–Kier alpha value is -2.38. The SMILES string of the molecule is CCCCC/C=C\C/C=C\CCCCCCCCCCCCCCCCC(O)C(=O)NC(COC1OC(CO)C(O)C(O)C1OC(=O)CCCCCCCCCCCCCCCCCCC/C=C/CCCCCCCC)C(O)/C=C/CCCCCCCCCCC. The molecule has 1 aliphatic heterocycles. The average Bonchev–Trinajstić information content (AvgIpc) is 0.943. The van der Waals surface area contributed by atoms with Gasteiger partial charge in [0, 0.05) is 6.42 Å². The maximum atomic E-state index is 13.5. The third-order valence-electron chi connectivity index (χ3n) is 18.7. The van der Waals surface area contributed by atoms with Gasteiger partial charge in [-0.2, -0.15) is 0 Å². The smallest absolute Gasteiger partial charge is 0.306 e. The number of rotatable bonds is 69. The highest BCUT2D eigenvalue weighted by Gasteiger charge is 2.47. The van der Waals surface area contributed by atoms with Crippen LogP contribution < -0.4 is 5.32 Å². The van der Waals surface area contributed by atoms with E-state index in [2.05, 4.69) is 62.5 Å². The standard InChI is InChI=1S/C80H149NO10/c1-4-7-10-13-16-19-22-24-26-28-30-32-34-36-37-38-40-42-44-46-48-50-53-56-59-62-65-68-75(85)91-78-77(87)76(86)74(69-82)90-80(78)89-70-71(72(83)66-63-60-57-54-51-21-18-15-12-9-6-3)81-79(88)73(84)67-64-61-58-55-52-49-47-45-43-41-39-35-33-31-29-27-25-23-20-17-14-11-8-5-2/h17,20,24-27,63,66,71-74,76-78,80,82-84,86-87H,4-16,18-19,21-23,28-62,64-65,67-70H2,1-3H3,(H,81,88)/b20-17-,26-24+,27-25-,66-63+. The first-order valence-electron chi connectivity index (χ1n) is 39.4. The number of unbranched alkanes of at least 4 members (excludes halogenated alkanes) is 49. The minimum absolute atomic E-state index is 0.128. The van der Waals surface area contributed by atoms with Crippen molar-refractivity contribution in [1.29, 1.82) is 0 Å². The fourth-order valence-electron chi connectivity index (χ4n) is 12.5. The maximum Gasteiger partial charge on any atom is 0.306 e. The number of carbonyl (C=O) groups excluding carboxylic acids is 2. The first kappa shape index (κ1) is 86.6. The highest BCUT2D eigenvalue weighted by molar-refractivity contribution is 5.80. The van der Waals surface area contributed by atoms with Gasteiger partial charge < -0.3 is 45.1 Å². The van der Waals surface area contributed by atoms with Crippen LogP contribution >= 0.6 is 0 Å². The average molecular weight is 1290 g/mol. The van der Waals surface area contributed by atoms with E-state index in [9.17, 15) is 35.1 Å². The van der Waals surface area contributed by atoms with E-state index in [1.165, 1.54) is 276 Å². The maximum absolute atomic E-state index is 13.5. The molecule has 1 aliphatic rings. The van der Waals surface area contributed by atoms with Crippen LogP contribution in [0.4, 0.5) is 0 Å². The summed E-state index contributed by atoms with van der Waals surface area (Å²) in [5.41, 5.74) is 0. The first-order valence-corrected chi connectivity index (χ1v) is 39.4. The topological polar surface area (TPSA) is 175 Å². The fraction of sp³-hybridized carbons (Fsp3) is 0.875. The first-order chi connectivity index (χ1) is 44.7. The van der Waals surface area contributed by atoms with Crippen molar-refractivity contribution in [3.05, 3.63) is 48.6 Å². The van der Waals surface area contributed by atoms with Gasteiger partial charge in [-0.1, -0.05) is 345 Å². The van der Waals surface area contributed by atoms with Gasteiger partial charge in [0.2, 0.25) is 5.91 Å². The number of nitrogens with one attached hydrogen (secondary N) is 1. The van der Waals surface area contributed by atoms with Crippen LogP contribution in [0.3, 0.4) is 0 Å². The molecule has 0 aromatic heterocycles. The molecule has 1 fully saturated rings. The van der Waals surface area contributed by atoms with Crippen LogP contribution in [0.15, 0.2) is 48.6 Å². The van der Waals surface area contributed by atoms with Crippen LogP contribution in [-0.2, 0) is 23.8 Å². The third kappa shape index (κ3) is 54.4. The number of aliphatic hydroxyl groups is 5. The summed E-state index contributed by atoms with van der Waals surface area (Å²) < 4.78 is 17.7. The van der Waals surface area contributed by atoms with Gasteiger partial charge in [-0.25, -0.2) is 0 Å². The van der Waals surface area contributed by atoms with E-state index in [-0.39, 0.29) is 13.0 Å². The molecule has 1 heterocycles. The fourth-order valence-corrected chi connectivity index (χ4v) is 12.5. The molecule has 0 aliphatic carbocycles. The Morgan fingerprint density at radius 3 is 1.15 bits per heavy atom. The van der Waals surface area contributed by atoms with Crippen LogP contribution in [0.1, 0.15) is 387 Å². The summed E-state index contributed by atoms with van der Waals surface area (Å²) in [7, 11) is 0. The number of allylic oxidation sites excluding steroid dienone is 7. The lowest BCUT2D eigenvalue weighted by Gasteiger charge is -2.41. The normalized spacial score (nSPS) is 18.2. The van der Waals surface area contributed by atoms with Crippen LogP contribution in [-0.4, -0.2) is 99.6 Å². The van der Waals surface area contributed by atoms with Crippen molar-refractivity contribution < 1.29 is 49.3 Å². The largest absolute Gasteiger partial charge is 0.454 e. The number of hydrogen-bond donors (Lipinski definition) is 6. The molecule has 11 nitrogen and oxygen atoms in total. The van der Waals surface area contributed by atoms with Crippen molar-refractivity contribution in [1.82, 2.24) is 5.32 Å². The van der Waals surface area contributed by atoms with E-state index in [0.29, 0.717) is 19.3 Å². The lowest BCUT2D eigenvalue weighted by Crippen LogP contribution is -2.61. The summed E-state index contributed by atoms with van der Waals surface area (Å²) in [6, 6.07) is -1.02. The highest BCUT2D eigenvalue weighted by Crippen LogP contribution is 2.27. The van der Waals surface area contributed by atoms with Crippen molar-refractivity contribution in [2.45, 2.75) is 436 Å². The van der Waals surface area contributed by atoms with Crippen molar-refractivity contribution in [3.63, 3.8) is 0 Å². The summed E-state index contributed by atoms with van der Waals surface area (Å²) in [6.45, 7) is 5.82. The molecule has 11 heteroatoms. The third-order valence-corrected chi connectivity index (χ3v) is 18.7. The highest BCUT2D eigenvalue weighted by atomic mass is 16.7. The zero-order valence-electron chi connectivity index (χ0n) is 59.7. The molecule has 91 heavy (non-hydrogen) atoms. The minimum atomic E-state index is -1.61. The Morgan fingerprint density at radius 1 is 0.429 bits per heavy atom. The van der Waals surface area contributed by atoms with Crippen LogP contribution in [0.5, 0.6) is 0 Å². The molecule has 6 N–H and O–H groups in total. The van der Waals surface area contributed by atoms with Crippen LogP contribution in [0.2, 0.25) is 0 Å². The Kier molecular flexibility index (Phi) is 64.3. The van der Waals surface area contributed by atoms with Crippen LogP contribution in [0, 0.1) is 0 Å². The van der Waals surface area contributed by atoms with E-state index in [4.69, 9.17) is 14.2 Å². The number of hydrogen-bond acceptors (Lipinski definition) is 10. The predicted octanol–water partition coefficient (Wildman–Crippen LogP) is 21.1. The Balaban J connectivity index is 2.47. The predicted molar refractivity (Wildman–Crippen MR) is 384 cm³/mol. The summed E-state index contributed by atoms with van der Waals surface area (Å²) in [5, 5.41) is 57.4. The lowest BCUT2D eigenvalue weighted by molar-refractivity contribution is -0.305. The molecule has 1 amide bonds. The molecule has 8 atom stereocenters. The van der Waals surface area contributed by atoms with Crippen molar-refractivity contribution in [3.8, 4) is 0 Å². The van der Waals surface area contributed by atoms with E-state index in [1.807, 2.05) is 6.08 Å². The molecule has 1 saturated heterocycles. The second-order valence-corrected chi connectivity index (χ2v) is 27.4. The molecule has 8 unspecified atom stereocenters. The van der Waals surface area contributed by atoms with Crippen molar-refractivity contribution in [2.75, 3.05) is 13.2 Å². The summed E-state index contributed by atoms with van der Waals surface area (Å²) in [4.78, 5) is 26.7. The van der Waals surface area contributed by atoms with Gasteiger partial charge in [0.1, 0.15) is 24.4 Å². The van der Waals surface area contributed by atoms with Gasteiger partial charge in [-0.15, -0.1) is 0 Å². The summed E-state index contributed by atoms with van der Waals surface area (Å²) in [6.07, 6.45) is 76.0. The number of esters is 1. The molecule has 0 aromatic carbocycles. The second kappa shape index (κ2) is 67.6. The van der Waals surface area contributed by atoms with Gasteiger partial charge in [0.05, 0.1) is 25.4 Å². The van der Waals surface area contributed by atoms with E-state index in [0.717, 1.165) is 64.2 Å². The monoisotopic (exact) mass is 1280 g/mol. The number of aliphatic hydroxyl groups excluding tert-OH is 5. The zero-order chi connectivity index (χ0) is 66.0. The molecular formula is C80H149NO10. The van der Waals surface area contributed by atoms with E-state index in [1.54, 1.807) is 6.08 Å². The van der Waals surface area contributed by atoms with Gasteiger partial charge in [-0.05, 0) is 83.5 Å². The zero-order valence-corrected chi connectivity index (χ0v) is 59.7. The minimum Gasteiger partial charge on any atom is -0.454 e. The van der Waals surface area contributed by atoms with Gasteiger partial charge >= 0.3 is 5.97 Å². The second-order valence-electron chi connectivity index (χ2n) is 27.4. The molecule has 534 valence electrons. The van der Waals surface area contributed by atoms with Crippen LogP contribution in [0.25, 0.3) is 0 Å². The lowest BCUT2D eigenvalue weighted by atomic mass is 9.99.